The molecule has 0 saturated heterocycles. The number of alkyl halides is 1. The summed E-state index contributed by atoms with van der Waals surface area (Å²) >= 11 is 2.27. The molecule has 3 heteroatoms. The molecule has 0 fully saturated rings. The van der Waals surface area contributed by atoms with E-state index in [4.69, 9.17) is 0 Å². The molecule has 0 saturated carbocycles. The zero-order valence-corrected chi connectivity index (χ0v) is 9.45. The highest BCUT2D eigenvalue weighted by Crippen LogP contribution is 2.13. The Balaban J connectivity index is 2.66. The third-order valence-electron chi connectivity index (χ3n) is 1.90. The second kappa shape index (κ2) is 3.57. The van der Waals surface area contributed by atoms with Gasteiger partial charge in [0.1, 0.15) is 5.82 Å². The number of nitrogens with zero attached hydrogens (tertiary/aromatic N) is 2. The molecule has 13 heavy (non-hydrogen) atoms. The van der Waals surface area contributed by atoms with Crippen LogP contribution in [0.4, 0.5) is 0 Å². The van der Waals surface area contributed by atoms with Crippen LogP contribution in [-0.4, -0.2) is 9.97 Å². The molecule has 0 aliphatic rings. The summed E-state index contributed by atoms with van der Waals surface area (Å²) in [7, 11) is 0. The van der Waals surface area contributed by atoms with Gasteiger partial charge in [-0.05, 0) is 19.1 Å². The van der Waals surface area contributed by atoms with Crippen LogP contribution in [0, 0.1) is 6.92 Å². The quantitative estimate of drug-likeness (QED) is 0.594. The summed E-state index contributed by atoms with van der Waals surface area (Å²) in [5, 5.41) is 1.12. The number of aryl methyl sites for hydroxylation is 1. The zero-order chi connectivity index (χ0) is 9.26. The maximum atomic E-state index is 4.42. The van der Waals surface area contributed by atoms with Gasteiger partial charge in [0.15, 0.2) is 0 Å². The molecule has 0 aliphatic carbocycles. The van der Waals surface area contributed by atoms with E-state index < -0.39 is 0 Å². The Labute approximate surface area is 90.5 Å². The van der Waals surface area contributed by atoms with Crippen molar-refractivity contribution in [1.29, 1.82) is 0 Å². The molecular formula is C10H9IN2. The Morgan fingerprint density at radius 1 is 1.38 bits per heavy atom. The summed E-state index contributed by atoms with van der Waals surface area (Å²) in [4.78, 5) is 8.66. The average Bonchev–Trinajstić information content (AvgIpc) is 2.17. The number of hydrogen-bond donors (Lipinski definition) is 0. The van der Waals surface area contributed by atoms with Gasteiger partial charge >= 0.3 is 0 Å². The lowest BCUT2D eigenvalue weighted by atomic mass is 10.2. The lowest BCUT2D eigenvalue weighted by Gasteiger charge is -1.99. The van der Waals surface area contributed by atoms with Crippen molar-refractivity contribution in [1.82, 2.24) is 9.97 Å². The fourth-order valence-corrected chi connectivity index (χ4v) is 1.62. The van der Waals surface area contributed by atoms with Crippen molar-refractivity contribution in [3.05, 3.63) is 35.8 Å². The second-order valence-corrected chi connectivity index (χ2v) is 3.74. The van der Waals surface area contributed by atoms with E-state index in [2.05, 4.69) is 51.6 Å². The summed E-state index contributed by atoms with van der Waals surface area (Å²) < 4.78 is 0.863. The molecule has 2 aromatic rings. The minimum atomic E-state index is 0.863. The van der Waals surface area contributed by atoms with E-state index in [9.17, 15) is 0 Å². The summed E-state index contributed by atoms with van der Waals surface area (Å²) in [5.74, 6) is 0.900. The van der Waals surface area contributed by atoms with E-state index in [1.54, 1.807) is 0 Å². The summed E-state index contributed by atoms with van der Waals surface area (Å²) in [6, 6.07) is 6.22. The number of hydrogen-bond acceptors (Lipinski definition) is 2. The summed E-state index contributed by atoms with van der Waals surface area (Å²) in [6.07, 6.45) is 1.89. The van der Waals surface area contributed by atoms with Crippen LogP contribution in [0.5, 0.6) is 0 Å². The second-order valence-electron chi connectivity index (χ2n) is 2.98. The van der Waals surface area contributed by atoms with Crippen LogP contribution < -0.4 is 0 Å². The molecule has 1 aromatic heterocycles. The molecule has 0 spiro atoms. The van der Waals surface area contributed by atoms with Gasteiger partial charge in [0.2, 0.25) is 0 Å². The third-order valence-corrected chi connectivity index (χ3v) is 2.59. The average molecular weight is 284 g/mol. The fourth-order valence-electron chi connectivity index (χ4n) is 1.26. The van der Waals surface area contributed by atoms with Gasteiger partial charge in [0.25, 0.3) is 0 Å². The predicted octanol–water partition coefficient (Wildman–Crippen LogP) is 2.87. The largest absolute Gasteiger partial charge is 0.240 e. The molecule has 1 aromatic carbocycles. The Morgan fingerprint density at radius 2 is 2.23 bits per heavy atom. The lowest BCUT2D eigenvalue weighted by Crippen LogP contribution is -1.90. The van der Waals surface area contributed by atoms with Gasteiger partial charge in [-0.15, -0.1) is 0 Å². The molecule has 0 unspecified atom stereocenters. The first-order valence-electron chi connectivity index (χ1n) is 4.08. The van der Waals surface area contributed by atoms with E-state index in [1.807, 2.05) is 12.3 Å². The SMILES string of the molecule is Cc1ccc2nc(CI)ncc2c1. The van der Waals surface area contributed by atoms with Gasteiger partial charge in [-0.2, -0.15) is 0 Å². The fraction of sp³-hybridized carbons (Fsp3) is 0.200. The minimum absolute atomic E-state index is 0.863. The van der Waals surface area contributed by atoms with E-state index in [-0.39, 0.29) is 0 Å². The Bertz CT molecular complexity index is 440. The monoisotopic (exact) mass is 284 g/mol. The van der Waals surface area contributed by atoms with Crippen LogP contribution >= 0.6 is 22.6 Å². The minimum Gasteiger partial charge on any atom is -0.240 e. The molecule has 2 rings (SSSR count). The molecular weight excluding hydrogens is 275 g/mol. The molecule has 0 amide bonds. The Morgan fingerprint density at radius 3 is 3.00 bits per heavy atom. The molecule has 0 radical (unpaired) electrons. The number of fused-ring (bicyclic) bond motifs is 1. The van der Waals surface area contributed by atoms with Gasteiger partial charge in [0.05, 0.1) is 9.94 Å². The Kier molecular flexibility index (Phi) is 2.44. The third kappa shape index (κ3) is 1.80. The molecule has 0 bridgehead atoms. The van der Waals surface area contributed by atoms with Crippen molar-refractivity contribution in [3.63, 3.8) is 0 Å². The first-order chi connectivity index (χ1) is 6.29. The molecule has 0 atom stereocenters. The van der Waals surface area contributed by atoms with Gasteiger partial charge < -0.3 is 0 Å². The van der Waals surface area contributed by atoms with Crippen molar-refractivity contribution in [3.8, 4) is 0 Å². The van der Waals surface area contributed by atoms with Crippen LogP contribution in [0.1, 0.15) is 11.4 Å². The van der Waals surface area contributed by atoms with Crippen molar-refractivity contribution < 1.29 is 0 Å². The highest BCUT2D eigenvalue weighted by molar-refractivity contribution is 14.1. The van der Waals surface area contributed by atoms with E-state index in [0.29, 0.717) is 0 Å². The number of benzene rings is 1. The Hall–Kier alpha value is -0.710. The lowest BCUT2D eigenvalue weighted by molar-refractivity contribution is 1.08. The van der Waals surface area contributed by atoms with Gasteiger partial charge in [-0.3, -0.25) is 0 Å². The van der Waals surface area contributed by atoms with Crippen LogP contribution in [0.2, 0.25) is 0 Å². The van der Waals surface area contributed by atoms with Crippen molar-refractivity contribution in [2.45, 2.75) is 11.4 Å². The highest BCUT2D eigenvalue weighted by atomic mass is 127. The normalized spacial score (nSPS) is 10.6. The van der Waals surface area contributed by atoms with Crippen LogP contribution in [-0.2, 0) is 4.43 Å². The van der Waals surface area contributed by atoms with Gasteiger partial charge in [-0.1, -0.05) is 34.2 Å². The van der Waals surface area contributed by atoms with Crippen LogP contribution in [0.3, 0.4) is 0 Å². The number of rotatable bonds is 1. The molecule has 1 heterocycles. The van der Waals surface area contributed by atoms with Gasteiger partial charge in [-0.25, -0.2) is 9.97 Å². The standard InChI is InChI=1S/C10H9IN2/c1-7-2-3-9-8(4-7)6-12-10(5-11)13-9/h2-4,6H,5H2,1H3. The van der Waals surface area contributed by atoms with E-state index >= 15 is 0 Å². The van der Waals surface area contributed by atoms with Crippen LogP contribution in [0.25, 0.3) is 10.9 Å². The molecule has 0 aliphatic heterocycles. The number of halogens is 1. The van der Waals surface area contributed by atoms with Crippen molar-refractivity contribution in [2.24, 2.45) is 0 Å². The van der Waals surface area contributed by atoms with E-state index in [1.165, 1.54) is 5.56 Å². The van der Waals surface area contributed by atoms with Crippen LogP contribution in [0.15, 0.2) is 24.4 Å². The maximum absolute atomic E-state index is 4.42. The maximum Gasteiger partial charge on any atom is 0.138 e. The molecule has 0 N–H and O–H groups in total. The van der Waals surface area contributed by atoms with Crippen molar-refractivity contribution in [2.75, 3.05) is 0 Å². The zero-order valence-electron chi connectivity index (χ0n) is 7.29. The molecule has 66 valence electrons. The van der Waals surface area contributed by atoms with E-state index in [0.717, 1.165) is 21.2 Å². The highest BCUT2D eigenvalue weighted by Gasteiger charge is 1.97. The first-order valence-corrected chi connectivity index (χ1v) is 5.60. The summed E-state index contributed by atoms with van der Waals surface area (Å²) in [6.45, 7) is 2.08. The van der Waals surface area contributed by atoms with Crippen molar-refractivity contribution >= 4 is 33.5 Å². The first kappa shape index (κ1) is 8.87. The summed E-state index contributed by atoms with van der Waals surface area (Å²) in [5.41, 5.74) is 2.28. The van der Waals surface area contributed by atoms with Gasteiger partial charge in [0, 0.05) is 11.6 Å². The topological polar surface area (TPSA) is 25.8 Å². The smallest absolute Gasteiger partial charge is 0.138 e. The predicted molar refractivity (Wildman–Crippen MR) is 62.0 cm³/mol. The molecule has 2 nitrogen and oxygen atoms in total. The number of aromatic nitrogens is 2.